The molecule has 73 heavy (non-hydrogen) atoms. The molecule has 0 saturated carbocycles. The highest BCUT2D eigenvalue weighted by Crippen LogP contribution is 2.18. The number of unbranched alkanes of at least 4 members (excludes halogenated alkanes) is 30. The van der Waals surface area contributed by atoms with Crippen LogP contribution in [0.4, 0.5) is 5.82 Å². The molecule has 16 nitrogen and oxygen atoms in total. The summed E-state index contributed by atoms with van der Waals surface area (Å²) in [7, 11) is 0. The predicted octanol–water partition coefficient (Wildman–Crippen LogP) is 10.4. The third kappa shape index (κ3) is 38.4. The van der Waals surface area contributed by atoms with Gasteiger partial charge in [0.2, 0.25) is 11.8 Å². The highest BCUT2D eigenvalue weighted by atomic mass is 32.2. The molecular formula is C56H105N5O11S. The average molecular weight is 1060 g/mol. The Kier molecular flexibility index (Phi) is 44.5. The van der Waals surface area contributed by atoms with Gasteiger partial charge in [-0.2, -0.15) is 11.8 Å². The van der Waals surface area contributed by atoms with Crippen LogP contribution in [0.2, 0.25) is 0 Å². The van der Waals surface area contributed by atoms with Gasteiger partial charge >= 0.3 is 11.9 Å². The summed E-state index contributed by atoms with van der Waals surface area (Å²) in [5.74, 6) is -1.27. The van der Waals surface area contributed by atoms with Crippen LogP contribution in [-0.2, 0) is 35.2 Å². The largest absolute Gasteiger partial charge is 0.462 e. The lowest BCUT2D eigenvalue weighted by molar-refractivity contribution is -0.157. The molecule has 426 valence electrons. The third-order valence-corrected chi connectivity index (χ3v) is 14.6. The van der Waals surface area contributed by atoms with Crippen LogP contribution in [0.15, 0.2) is 6.20 Å². The van der Waals surface area contributed by atoms with Gasteiger partial charge in [-0.05, 0) is 19.3 Å². The molecule has 6 atom stereocenters. The highest BCUT2D eigenvalue weighted by molar-refractivity contribution is 7.99. The fourth-order valence-corrected chi connectivity index (χ4v) is 9.76. The number of thioether (sulfide) groups is 1. The minimum atomic E-state index is -1.82. The Hall–Kier alpha value is -2.83. The molecule has 0 bridgehead atoms. The fraction of sp³-hybridized carbons (Fsp3) is 0.893. The molecule has 0 radical (unpaired) electrons. The number of amides is 2. The molecule has 0 aromatic carbocycles. The normalized spacial score (nSPS) is 14.0. The zero-order valence-electron chi connectivity index (χ0n) is 46.0. The number of hydrogen-bond acceptors (Lipinski definition) is 14. The standard InChI is InChI=1S/C56H105N5O11S/c1-4-7-10-13-16-19-22-25-28-31-34-37-51(65)57-47(56(70)58-50-41-61(60-59-50)40-48(63)54(68)55(69)49(64)42-62)45-73-44-46(72-53(67)39-36-33-30-27-24-21-18-15-12-9-6-3)43-71-52(66)38-35-32-29-26-23-20-17-14-11-8-5-2/h41,46-49,54-55,62-64,68-69H,4-40,42-45H2,1-3H3,(H,57,65)(H,58,70)/t46-,47-,48+,49-,54+,55-/m1/s1. The summed E-state index contributed by atoms with van der Waals surface area (Å²) < 4.78 is 12.7. The van der Waals surface area contributed by atoms with E-state index in [9.17, 15) is 39.6 Å². The first-order valence-electron chi connectivity index (χ1n) is 29.2. The van der Waals surface area contributed by atoms with Gasteiger partial charge < -0.3 is 45.6 Å². The van der Waals surface area contributed by atoms with E-state index in [1.54, 1.807) is 0 Å². The van der Waals surface area contributed by atoms with E-state index in [0.29, 0.717) is 12.8 Å². The monoisotopic (exact) mass is 1060 g/mol. The fourth-order valence-electron chi connectivity index (χ4n) is 8.72. The van der Waals surface area contributed by atoms with E-state index in [1.165, 1.54) is 153 Å². The van der Waals surface area contributed by atoms with E-state index >= 15 is 0 Å². The summed E-state index contributed by atoms with van der Waals surface area (Å²) in [6.45, 7) is 5.38. The molecule has 0 saturated heterocycles. The lowest BCUT2D eigenvalue weighted by Crippen LogP contribution is -2.47. The van der Waals surface area contributed by atoms with Crippen molar-refractivity contribution in [3.63, 3.8) is 0 Å². The summed E-state index contributed by atoms with van der Waals surface area (Å²) in [6.07, 6.45) is 32.6. The lowest BCUT2D eigenvalue weighted by atomic mass is 10.0. The Bertz CT molecular complexity index is 1490. The third-order valence-electron chi connectivity index (χ3n) is 13.4. The van der Waals surface area contributed by atoms with Crippen LogP contribution >= 0.6 is 11.8 Å². The van der Waals surface area contributed by atoms with Crippen LogP contribution < -0.4 is 10.6 Å². The average Bonchev–Trinajstić information content (AvgIpc) is 3.82. The number of nitrogens with zero attached hydrogens (tertiary/aromatic N) is 3. The van der Waals surface area contributed by atoms with E-state index in [0.717, 1.165) is 68.9 Å². The molecule has 1 rings (SSSR count). The van der Waals surface area contributed by atoms with Gasteiger partial charge in [0.1, 0.15) is 43.2 Å². The Labute approximate surface area is 445 Å². The second kappa shape index (κ2) is 47.6. The Morgan fingerprint density at radius 3 is 1.42 bits per heavy atom. The second-order valence-corrected chi connectivity index (χ2v) is 21.5. The zero-order chi connectivity index (χ0) is 53.6. The molecule has 0 aliphatic heterocycles. The SMILES string of the molecule is CCCCCCCCCCCCCC(=O)N[C@H](CSC[C@@H](COC(=O)CCCCCCCCCCCCC)OC(=O)CCCCCCCCCCCCC)C(=O)Nc1cn(C[C@H](O)[C@H](O)[C@H](O)[C@H](O)CO)nn1. The van der Waals surface area contributed by atoms with Gasteiger partial charge in [-0.15, -0.1) is 5.10 Å². The molecule has 0 spiro atoms. The number of aliphatic hydroxyl groups excluding tert-OH is 5. The molecule has 0 aliphatic rings. The van der Waals surface area contributed by atoms with Gasteiger partial charge in [-0.1, -0.05) is 219 Å². The molecule has 7 N–H and O–H groups in total. The Morgan fingerprint density at radius 1 is 0.562 bits per heavy atom. The van der Waals surface area contributed by atoms with Crippen molar-refractivity contribution in [1.29, 1.82) is 0 Å². The van der Waals surface area contributed by atoms with Crippen LogP contribution in [0.25, 0.3) is 0 Å². The predicted molar refractivity (Wildman–Crippen MR) is 293 cm³/mol. The van der Waals surface area contributed by atoms with Crippen molar-refractivity contribution in [2.75, 3.05) is 30.0 Å². The van der Waals surface area contributed by atoms with Crippen molar-refractivity contribution in [3.8, 4) is 0 Å². The maximum Gasteiger partial charge on any atom is 0.306 e. The van der Waals surface area contributed by atoms with Gasteiger partial charge in [-0.25, -0.2) is 4.68 Å². The molecule has 17 heteroatoms. The smallest absolute Gasteiger partial charge is 0.306 e. The number of hydrogen-bond donors (Lipinski definition) is 7. The van der Waals surface area contributed by atoms with E-state index in [1.807, 2.05) is 0 Å². The van der Waals surface area contributed by atoms with Gasteiger partial charge in [0.25, 0.3) is 0 Å². The van der Waals surface area contributed by atoms with Crippen molar-refractivity contribution in [3.05, 3.63) is 6.20 Å². The van der Waals surface area contributed by atoms with Gasteiger partial charge in [0.05, 0.1) is 19.3 Å². The topological polar surface area (TPSA) is 243 Å². The Balaban J connectivity index is 2.92. The van der Waals surface area contributed by atoms with E-state index in [2.05, 4.69) is 41.7 Å². The van der Waals surface area contributed by atoms with Crippen LogP contribution in [0.3, 0.4) is 0 Å². The summed E-state index contributed by atoms with van der Waals surface area (Å²) in [6, 6.07) is -1.03. The van der Waals surface area contributed by atoms with Crippen LogP contribution in [0.5, 0.6) is 0 Å². The first-order chi connectivity index (χ1) is 35.4. The first kappa shape index (κ1) is 68.2. The summed E-state index contributed by atoms with van der Waals surface area (Å²) in [5.41, 5.74) is 0. The number of ether oxygens (including phenoxy) is 2. The number of esters is 2. The van der Waals surface area contributed by atoms with E-state index < -0.39 is 49.1 Å². The highest BCUT2D eigenvalue weighted by Gasteiger charge is 2.31. The molecule has 0 unspecified atom stereocenters. The molecule has 1 aromatic rings. The second-order valence-electron chi connectivity index (χ2n) is 20.4. The van der Waals surface area contributed by atoms with Crippen molar-refractivity contribution >= 4 is 41.3 Å². The number of aliphatic hydroxyl groups is 5. The minimum Gasteiger partial charge on any atom is -0.462 e. The number of aromatic nitrogens is 3. The van der Waals surface area contributed by atoms with Crippen LogP contribution in [0, 0.1) is 0 Å². The number of carbonyl (C=O) groups excluding carboxylic acids is 4. The Morgan fingerprint density at radius 2 is 0.973 bits per heavy atom. The summed E-state index contributed by atoms with van der Waals surface area (Å²) in [5, 5.41) is 62.9. The van der Waals surface area contributed by atoms with Crippen LogP contribution in [0.1, 0.15) is 252 Å². The van der Waals surface area contributed by atoms with Crippen molar-refractivity contribution in [2.45, 2.75) is 295 Å². The van der Waals surface area contributed by atoms with Crippen molar-refractivity contribution < 1.29 is 54.2 Å². The molecular weight excluding hydrogens is 951 g/mol. The number of rotatable bonds is 52. The number of anilines is 1. The van der Waals surface area contributed by atoms with E-state index in [4.69, 9.17) is 14.6 Å². The van der Waals surface area contributed by atoms with Gasteiger partial charge in [0.15, 0.2) is 5.82 Å². The molecule has 0 fully saturated rings. The van der Waals surface area contributed by atoms with E-state index in [-0.39, 0.29) is 67.6 Å². The number of nitrogens with one attached hydrogen (secondary N) is 2. The van der Waals surface area contributed by atoms with Gasteiger partial charge in [0, 0.05) is 30.8 Å². The minimum absolute atomic E-state index is 0.00354. The zero-order valence-corrected chi connectivity index (χ0v) is 46.8. The van der Waals surface area contributed by atoms with Gasteiger partial charge in [-0.3, -0.25) is 19.2 Å². The van der Waals surface area contributed by atoms with Crippen LogP contribution in [-0.4, -0.2) is 126 Å². The maximum atomic E-state index is 13.8. The van der Waals surface area contributed by atoms with Crippen molar-refractivity contribution in [2.24, 2.45) is 0 Å². The first-order valence-corrected chi connectivity index (χ1v) is 30.4. The van der Waals surface area contributed by atoms with Crippen molar-refractivity contribution in [1.82, 2.24) is 20.3 Å². The summed E-state index contributed by atoms with van der Waals surface area (Å²) >= 11 is 1.29. The quantitative estimate of drug-likeness (QED) is 0.0237. The molecule has 0 aliphatic carbocycles. The lowest BCUT2D eigenvalue weighted by Gasteiger charge is -2.25. The molecule has 2 amide bonds. The summed E-state index contributed by atoms with van der Waals surface area (Å²) in [4.78, 5) is 53.1. The molecule has 1 heterocycles. The maximum absolute atomic E-state index is 13.8. The molecule has 1 aromatic heterocycles. The number of carbonyl (C=O) groups is 4.